The lowest BCUT2D eigenvalue weighted by Gasteiger charge is -2.13. The third kappa shape index (κ3) is 1.88. The lowest BCUT2D eigenvalue weighted by molar-refractivity contribution is 0.470. The van der Waals surface area contributed by atoms with Crippen LogP contribution in [0.4, 0.5) is 0 Å². The normalized spacial score (nSPS) is 21.4. The van der Waals surface area contributed by atoms with Crippen LogP contribution in [0, 0.1) is 3.57 Å². The summed E-state index contributed by atoms with van der Waals surface area (Å²) in [6.45, 7) is 4.27. The number of benzene rings is 1. The molecule has 0 bridgehead atoms. The van der Waals surface area contributed by atoms with Gasteiger partial charge in [-0.2, -0.15) is 0 Å². The van der Waals surface area contributed by atoms with Gasteiger partial charge in [-0.1, -0.05) is 6.92 Å². The van der Waals surface area contributed by atoms with Crippen LogP contribution in [0.3, 0.4) is 0 Å². The largest absolute Gasteiger partial charge is 0.507 e. The molecule has 0 aliphatic carbocycles. The fourth-order valence-electron chi connectivity index (χ4n) is 1.95. The zero-order valence-corrected chi connectivity index (χ0v) is 10.3. The molecule has 1 unspecified atom stereocenters. The van der Waals surface area contributed by atoms with Crippen LogP contribution in [0.25, 0.3) is 0 Å². The number of hydrogen-bond acceptors (Lipinski definition) is 2. The molecule has 0 amide bonds. The molecule has 3 heteroatoms. The quantitative estimate of drug-likeness (QED) is 0.721. The van der Waals surface area contributed by atoms with Crippen LogP contribution in [0.1, 0.15) is 24.0 Å². The highest BCUT2D eigenvalue weighted by Crippen LogP contribution is 2.29. The second-order valence-electron chi connectivity index (χ2n) is 3.86. The minimum absolute atomic E-state index is 0.415. The predicted octanol–water partition coefficient (Wildman–Crippen LogP) is 2.25. The number of phenolic OH excluding ortho intramolecular Hbond substituents is 1. The Morgan fingerprint density at radius 2 is 2.29 bits per heavy atom. The van der Waals surface area contributed by atoms with Crippen molar-refractivity contribution in [2.75, 3.05) is 13.1 Å². The van der Waals surface area contributed by atoms with Gasteiger partial charge in [0.05, 0.1) is 3.57 Å². The SMILES string of the molecule is CC1CNCCc2cc(O)c(I)cc21. The van der Waals surface area contributed by atoms with Gasteiger partial charge in [0.25, 0.3) is 0 Å². The maximum atomic E-state index is 9.63. The molecule has 0 saturated heterocycles. The van der Waals surface area contributed by atoms with E-state index in [2.05, 4.69) is 40.9 Å². The van der Waals surface area contributed by atoms with Crippen molar-refractivity contribution in [3.63, 3.8) is 0 Å². The minimum Gasteiger partial charge on any atom is -0.507 e. The van der Waals surface area contributed by atoms with Gasteiger partial charge in [0.15, 0.2) is 0 Å². The molecule has 0 aromatic heterocycles. The monoisotopic (exact) mass is 303 g/mol. The van der Waals surface area contributed by atoms with Gasteiger partial charge in [0.1, 0.15) is 5.75 Å². The summed E-state index contributed by atoms with van der Waals surface area (Å²) in [6.07, 6.45) is 1.02. The second kappa shape index (κ2) is 4.06. The van der Waals surface area contributed by atoms with Crippen molar-refractivity contribution in [1.82, 2.24) is 5.32 Å². The van der Waals surface area contributed by atoms with E-state index in [0.29, 0.717) is 11.7 Å². The van der Waals surface area contributed by atoms with E-state index >= 15 is 0 Å². The fourth-order valence-corrected chi connectivity index (χ4v) is 2.44. The maximum Gasteiger partial charge on any atom is 0.129 e. The summed E-state index contributed by atoms with van der Waals surface area (Å²) in [4.78, 5) is 0. The molecule has 0 saturated carbocycles. The molecule has 2 nitrogen and oxygen atoms in total. The number of fused-ring (bicyclic) bond motifs is 1. The molecule has 0 spiro atoms. The van der Waals surface area contributed by atoms with Gasteiger partial charge < -0.3 is 10.4 Å². The number of halogens is 1. The molecule has 1 aromatic carbocycles. The first-order chi connectivity index (χ1) is 6.68. The van der Waals surface area contributed by atoms with E-state index in [-0.39, 0.29) is 0 Å². The molecule has 1 atom stereocenters. The van der Waals surface area contributed by atoms with Gasteiger partial charge in [0.2, 0.25) is 0 Å². The highest BCUT2D eigenvalue weighted by Gasteiger charge is 2.16. The molecule has 0 fully saturated rings. The minimum atomic E-state index is 0.415. The van der Waals surface area contributed by atoms with Crippen LogP contribution in [-0.2, 0) is 6.42 Å². The van der Waals surface area contributed by atoms with Gasteiger partial charge in [0, 0.05) is 6.54 Å². The van der Waals surface area contributed by atoms with Gasteiger partial charge in [-0.05, 0) is 64.7 Å². The average Bonchev–Trinajstić information content (AvgIpc) is 2.31. The number of hydrogen-bond donors (Lipinski definition) is 2. The van der Waals surface area contributed by atoms with Crippen LogP contribution < -0.4 is 5.32 Å². The number of phenols is 1. The third-order valence-electron chi connectivity index (χ3n) is 2.76. The van der Waals surface area contributed by atoms with E-state index in [1.165, 1.54) is 11.1 Å². The summed E-state index contributed by atoms with van der Waals surface area (Å²) < 4.78 is 0.954. The van der Waals surface area contributed by atoms with E-state index in [9.17, 15) is 5.11 Å². The average molecular weight is 303 g/mol. The van der Waals surface area contributed by atoms with E-state index in [1.54, 1.807) is 0 Å². The molecule has 2 rings (SSSR count). The van der Waals surface area contributed by atoms with Crippen molar-refractivity contribution in [3.8, 4) is 5.75 Å². The Kier molecular flexibility index (Phi) is 2.97. The Hall–Kier alpha value is -0.290. The standard InChI is InChI=1S/C11H14INO/c1-7-6-13-3-2-8-4-11(14)10(12)5-9(7)8/h4-5,7,13-14H,2-3,6H2,1H3. The molecule has 1 aromatic rings. The van der Waals surface area contributed by atoms with E-state index in [0.717, 1.165) is 23.1 Å². The van der Waals surface area contributed by atoms with E-state index < -0.39 is 0 Å². The van der Waals surface area contributed by atoms with Gasteiger partial charge in [-0.3, -0.25) is 0 Å². The molecule has 76 valence electrons. The van der Waals surface area contributed by atoms with E-state index in [4.69, 9.17) is 0 Å². The number of aromatic hydroxyl groups is 1. The van der Waals surface area contributed by atoms with Gasteiger partial charge >= 0.3 is 0 Å². The summed E-state index contributed by atoms with van der Waals surface area (Å²) in [7, 11) is 0. The van der Waals surface area contributed by atoms with Crippen LogP contribution in [0.2, 0.25) is 0 Å². The highest BCUT2D eigenvalue weighted by atomic mass is 127. The Balaban J connectivity index is 2.49. The fraction of sp³-hybridized carbons (Fsp3) is 0.455. The van der Waals surface area contributed by atoms with Crippen LogP contribution in [0.15, 0.2) is 12.1 Å². The zero-order chi connectivity index (χ0) is 10.1. The smallest absolute Gasteiger partial charge is 0.129 e. The Morgan fingerprint density at radius 1 is 1.50 bits per heavy atom. The molecule has 2 N–H and O–H groups in total. The van der Waals surface area contributed by atoms with Gasteiger partial charge in [-0.15, -0.1) is 0 Å². The molecule has 1 aliphatic heterocycles. The Labute approximate surface area is 97.9 Å². The Bertz CT molecular complexity index is 351. The molecule has 14 heavy (non-hydrogen) atoms. The predicted molar refractivity (Wildman–Crippen MR) is 65.8 cm³/mol. The first-order valence-electron chi connectivity index (χ1n) is 4.90. The third-order valence-corrected chi connectivity index (χ3v) is 3.63. The molecular formula is C11H14INO. The lowest BCUT2D eigenvalue weighted by atomic mass is 9.95. The first kappa shape index (κ1) is 10.2. The summed E-state index contributed by atoms with van der Waals surface area (Å²) in [5.74, 6) is 0.958. The van der Waals surface area contributed by atoms with Gasteiger partial charge in [-0.25, -0.2) is 0 Å². The van der Waals surface area contributed by atoms with Crippen LogP contribution in [-0.4, -0.2) is 18.2 Å². The highest BCUT2D eigenvalue weighted by molar-refractivity contribution is 14.1. The van der Waals surface area contributed by atoms with Crippen molar-refractivity contribution in [2.45, 2.75) is 19.3 Å². The Morgan fingerprint density at radius 3 is 3.07 bits per heavy atom. The van der Waals surface area contributed by atoms with E-state index in [1.807, 2.05) is 6.07 Å². The summed E-state index contributed by atoms with van der Waals surface area (Å²) in [5.41, 5.74) is 2.68. The second-order valence-corrected chi connectivity index (χ2v) is 5.02. The van der Waals surface area contributed by atoms with Crippen LogP contribution >= 0.6 is 22.6 Å². The summed E-state index contributed by atoms with van der Waals surface area (Å²) in [5, 5.41) is 13.0. The molecule has 1 aliphatic rings. The number of rotatable bonds is 0. The van der Waals surface area contributed by atoms with Crippen molar-refractivity contribution < 1.29 is 5.11 Å². The zero-order valence-electron chi connectivity index (χ0n) is 8.18. The summed E-state index contributed by atoms with van der Waals surface area (Å²) >= 11 is 2.18. The topological polar surface area (TPSA) is 32.3 Å². The van der Waals surface area contributed by atoms with Crippen molar-refractivity contribution in [2.24, 2.45) is 0 Å². The molecule has 0 radical (unpaired) electrons. The first-order valence-corrected chi connectivity index (χ1v) is 5.98. The van der Waals surface area contributed by atoms with Crippen LogP contribution in [0.5, 0.6) is 5.75 Å². The summed E-state index contributed by atoms with van der Waals surface area (Å²) in [6, 6.07) is 4.03. The number of nitrogens with one attached hydrogen (secondary N) is 1. The molecule has 1 heterocycles. The van der Waals surface area contributed by atoms with Crippen molar-refractivity contribution in [3.05, 3.63) is 26.8 Å². The maximum absolute atomic E-state index is 9.63. The van der Waals surface area contributed by atoms with Crippen molar-refractivity contribution in [1.29, 1.82) is 0 Å². The molecular weight excluding hydrogens is 289 g/mol. The lowest BCUT2D eigenvalue weighted by Crippen LogP contribution is -2.18. The van der Waals surface area contributed by atoms with Crippen molar-refractivity contribution >= 4 is 22.6 Å².